The average Bonchev–Trinajstić information content (AvgIpc) is 2.76. The highest BCUT2D eigenvalue weighted by atomic mass is 16.6. The molecule has 0 aromatic carbocycles. The first-order chi connectivity index (χ1) is 10.1. The number of nitrogens with zero attached hydrogens (tertiary/aromatic N) is 3. The smallest absolute Gasteiger partial charge is 0.378 e. The summed E-state index contributed by atoms with van der Waals surface area (Å²) in [5, 5.41) is 17.3. The molecular weight excluding hydrogens is 274 g/mol. The maximum absolute atomic E-state index is 10.9. The second kappa shape index (κ2) is 7.37. The van der Waals surface area contributed by atoms with Gasteiger partial charge in [0.05, 0.1) is 6.10 Å². The van der Waals surface area contributed by atoms with Gasteiger partial charge in [-0.3, -0.25) is 4.57 Å². The van der Waals surface area contributed by atoms with Crippen LogP contribution in [0.2, 0.25) is 0 Å². The van der Waals surface area contributed by atoms with Crippen LogP contribution >= 0.6 is 0 Å². The van der Waals surface area contributed by atoms with Crippen molar-refractivity contribution in [1.29, 1.82) is 0 Å². The fourth-order valence-electron chi connectivity index (χ4n) is 2.41. The largest absolute Gasteiger partial charge is 0.406 e. The van der Waals surface area contributed by atoms with E-state index in [1.165, 1.54) is 0 Å². The lowest BCUT2D eigenvalue weighted by molar-refractivity contribution is -0.388. The van der Waals surface area contributed by atoms with Crippen LogP contribution in [0.5, 0.6) is 0 Å². The molecule has 1 aromatic rings. The first-order valence-corrected chi connectivity index (χ1v) is 7.33. The molecule has 2 rings (SSSR count). The van der Waals surface area contributed by atoms with Gasteiger partial charge in [0.2, 0.25) is 11.6 Å². The average molecular weight is 297 g/mol. The molecule has 0 saturated carbocycles. The number of ether oxygens (including phenoxy) is 1. The van der Waals surface area contributed by atoms with Crippen molar-refractivity contribution in [2.75, 3.05) is 31.6 Å². The van der Waals surface area contributed by atoms with Gasteiger partial charge in [0.1, 0.15) is 0 Å². The van der Waals surface area contributed by atoms with Crippen LogP contribution in [0.3, 0.4) is 0 Å². The summed E-state index contributed by atoms with van der Waals surface area (Å²) in [5.41, 5.74) is 0. The van der Waals surface area contributed by atoms with Crippen LogP contribution in [0.25, 0.3) is 0 Å². The van der Waals surface area contributed by atoms with Gasteiger partial charge in [0.25, 0.3) is 0 Å². The predicted molar refractivity (Wildman–Crippen MR) is 79.5 cm³/mol. The number of aromatic nitrogens is 2. The van der Waals surface area contributed by atoms with Crippen LogP contribution in [0.15, 0.2) is 0 Å². The van der Waals surface area contributed by atoms with Crippen LogP contribution < -0.4 is 10.6 Å². The minimum atomic E-state index is -0.457. The maximum Gasteiger partial charge on any atom is 0.406 e. The van der Waals surface area contributed by atoms with E-state index < -0.39 is 4.92 Å². The number of rotatable bonds is 7. The van der Waals surface area contributed by atoms with Gasteiger partial charge in [-0.15, -0.1) is 0 Å². The van der Waals surface area contributed by atoms with Crippen LogP contribution in [-0.4, -0.2) is 46.8 Å². The third kappa shape index (κ3) is 4.15. The topological polar surface area (TPSA) is 94.2 Å². The molecule has 0 atom stereocenters. The summed E-state index contributed by atoms with van der Waals surface area (Å²) in [5.74, 6) is 0.962. The molecule has 0 bridgehead atoms. The Morgan fingerprint density at radius 3 is 2.90 bits per heavy atom. The van der Waals surface area contributed by atoms with E-state index in [-0.39, 0.29) is 5.82 Å². The lowest BCUT2D eigenvalue weighted by atomic mass is 10.1. The summed E-state index contributed by atoms with van der Waals surface area (Å²) >= 11 is 0. The van der Waals surface area contributed by atoms with Crippen molar-refractivity contribution in [2.24, 2.45) is 7.05 Å². The number of aryl methyl sites for hydroxylation is 1. The highest BCUT2D eigenvalue weighted by Gasteiger charge is 2.23. The monoisotopic (exact) mass is 297 g/mol. The molecule has 8 heteroatoms. The summed E-state index contributed by atoms with van der Waals surface area (Å²) in [4.78, 5) is 14.4. The third-order valence-electron chi connectivity index (χ3n) is 3.73. The second-order valence-corrected chi connectivity index (χ2v) is 5.25. The molecule has 1 saturated heterocycles. The zero-order valence-electron chi connectivity index (χ0n) is 12.6. The van der Waals surface area contributed by atoms with Crippen molar-refractivity contribution in [2.45, 2.75) is 32.3 Å². The Morgan fingerprint density at radius 1 is 1.52 bits per heavy atom. The van der Waals surface area contributed by atoms with Gasteiger partial charge >= 0.3 is 5.82 Å². The zero-order valence-corrected chi connectivity index (χ0v) is 12.6. The molecule has 0 radical (unpaired) electrons. The number of hydrogen-bond donors (Lipinski definition) is 2. The number of anilines is 1. The van der Waals surface area contributed by atoms with Gasteiger partial charge in [-0.2, -0.15) is 0 Å². The van der Waals surface area contributed by atoms with Crippen molar-refractivity contribution in [1.82, 2.24) is 14.9 Å². The summed E-state index contributed by atoms with van der Waals surface area (Å²) in [6.07, 6.45) is 3.27. The first kappa shape index (κ1) is 15.7. The fourth-order valence-corrected chi connectivity index (χ4v) is 2.41. The van der Waals surface area contributed by atoms with E-state index >= 15 is 0 Å². The van der Waals surface area contributed by atoms with E-state index in [4.69, 9.17) is 4.74 Å². The van der Waals surface area contributed by atoms with Crippen molar-refractivity contribution >= 4 is 11.6 Å². The van der Waals surface area contributed by atoms with Gasteiger partial charge in [0.15, 0.2) is 0 Å². The molecule has 1 fully saturated rings. The Labute approximate surface area is 124 Å². The molecule has 118 valence electrons. The van der Waals surface area contributed by atoms with Gasteiger partial charge in [-0.05, 0) is 42.3 Å². The Balaban J connectivity index is 1.74. The molecule has 1 aliphatic rings. The van der Waals surface area contributed by atoms with Crippen LogP contribution in [-0.2, 0) is 11.8 Å². The van der Waals surface area contributed by atoms with Crippen molar-refractivity contribution in [3.63, 3.8) is 0 Å². The molecule has 0 aliphatic carbocycles. The maximum atomic E-state index is 10.9. The van der Waals surface area contributed by atoms with Crippen LogP contribution in [0.1, 0.15) is 25.1 Å². The van der Waals surface area contributed by atoms with E-state index in [0.717, 1.165) is 32.4 Å². The van der Waals surface area contributed by atoms with Gasteiger partial charge in [-0.1, -0.05) is 0 Å². The Hall–Kier alpha value is -1.67. The fraction of sp³-hybridized carbons (Fsp3) is 0.769. The summed E-state index contributed by atoms with van der Waals surface area (Å²) in [6, 6.07) is 0. The third-order valence-corrected chi connectivity index (χ3v) is 3.73. The van der Waals surface area contributed by atoms with Crippen molar-refractivity contribution in [3.8, 4) is 0 Å². The Kier molecular flexibility index (Phi) is 5.51. The molecule has 21 heavy (non-hydrogen) atoms. The Morgan fingerprint density at radius 2 is 2.24 bits per heavy atom. The van der Waals surface area contributed by atoms with Gasteiger partial charge in [0, 0.05) is 27.1 Å². The minimum absolute atomic E-state index is 0.116. The SMILES string of the molecule is Cc1nc([N+](=O)[O-])c(NCCCOC2CCNCC2)n1C. The van der Waals surface area contributed by atoms with E-state index in [1.807, 2.05) is 0 Å². The van der Waals surface area contributed by atoms with E-state index in [0.29, 0.717) is 30.9 Å². The molecular formula is C13H23N5O3. The highest BCUT2D eigenvalue weighted by molar-refractivity contribution is 5.53. The number of piperidine rings is 1. The van der Waals surface area contributed by atoms with Gasteiger partial charge in [-0.25, -0.2) is 0 Å². The van der Waals surface area contributed by atoms with Crippen molar-refractivity contribution < 1.29 is 9.66 Å². The van der Waals surface area contributed by atoms with Gasteiger partial charge < -0.3 is 25.5 Å². The molecule has 1 aromatic heterocycles. The van der Waals surface area contributed by atoms with E-state index in [1.54, 1.807) is 18.5 Å². The molecule has 2 heterocycles. The molecule has 0 unspecified atom stereocenters. The van der Waals surface area contributed by atoms with Crippen molar-refractivity contribution in [3.05, 3.63) is 15.9 Å². The first-order valence-electron chi connectivity index (χ1n) is 7.33. The summed E-state index contributed by atoms with van der Waals surface area (Å²) in [6.45, 7) is 5.08. The predicted octanol–water partition coefficient (Wildman–Crippen LogP) is 1.21. The standard InChI is InChI=1S/C13H23N5O3/c1-10-16-13(18(19)20)12(17(10)2)15-6-3-9-21-11-4-7-14-8-5-11/h11,14-15H,3-9H2,1-2H3. The Bertz CT molecular complexity index is 482. The van der Waals surface area contributed by atoms with Crippen LogP contribution in [0, 0.1) is 17.0 Å². The molecule has 2 N–H and O–H groups in total. The number of imidazole rings is 1. The number of hydrogen-bond acceptors (Lipinski definition) is 6. The molecule has 0 amide bonds. The molecule has 0 spiro atoms. The lowest BCUT2D eigenvalue weighted by Gasteiger charge is -2.22. The lowest BCUT2D eigenvalue weighted by Crippen LogP contribution is -2.32. The van der Waals surface area contributed by atoms with E-state index in [9.17, 15) is 10.1 Å². The quantitative estimate of drug-likeness (QED) is 0.446. The number of nitro groups is 1. The normalized spacial score (nSPS) is 16.1. The summed E-state index contributed by atoms with van der Waals surface area (Å²) < 4.78 is 7.50. The zero-order chi connectivity index (χ0) is 15.2. The molecule has 8 nitrogen and oxygen atoms in total. The summed E-state index contributed by atoms with van der Waals surface area (Å²) in [7, 11) is 1.77. The number of nitrogens with one attached hydrogen (secondary N) is 2. The highest BCUT2D eigenvalue weighted by Crippen LogP contribution is 2.23. The second-order valence-electron chi connectivity index (χ2n) is 5.25. The molecule has 1 aliphatic heterocycles. The van der Waals surface area contributed by atoms with E-state index in [2.05, 4.69) is 15.6 Å². The minimum Gasteiger partial charge on any atom is -0.378 e. The van der Waals surface area contributed by atoms with Crippen LogP contribution in [0.4, 0.5) is 11.6 Å².